The molecule has 0 aliphatic heterocycles. The van der Waals surface area contributed by atoms with Crippen molar-refractivity contribution in [2.75, 3.05) is 13.6 Å². The molecular weight excluding hydrogens is 188 g/mol. The summed E-state index contributed by atoms with van der Waals surface area (Å²) in [5, 5.41) is 0. The average molecular weight is 204 g/mol. The third-order valence-corrected chi connectivity index (χ3v) is 2.58. The van der Waals surface area contributed by atoms with E-state index in [1.807, 2.05) is 37.1 Å². The van der Waals surface area contributed by atoms with Gasteiger partial charge in [-0.3, -0.25) is 4.90 Å². The van der Waals surface area contributed by atoms with Gasteiger partial charge in [-0.15, -0.1) is 6.42 Å². The lowest BCUT2D eigenvalue weighted by molar-refractivity contribution is 0.162. The van der Waals surface area contributed by atoms with E-state index >= 15 is 0 Å². The van der Waals surface area contributed by atoms with Crippen molar-refractivity contribution in [1.82, 2.24) is 4.90 Å². The Bertz CT molecular complexity index is 328. The molecule has 0 N–H and O–H groups in total. The summed E-state index contributed by atoms with van der Waals surface area (Å²) in [4.78, 5) is 1.83. The van der Waals surface area contributed by atoms with Crippen molar-refractivity contribution < 1.29 is 4.39 Å². The molecule has 0 aliphatic carbocycles. The van der Waals surface area contributed by atoms with Crippen molar-refractivity contribution in [3.63, 3.8) is 0 Å². The summed E-state index contributed by atoms with van der Waals surface area (Å²) in [7, 11) is 1.83. The molecule has 15 heavy (non-hydrogen) atoms. The van der Waals surface area contributed by atoms with Crippen molar-refractivity contribution in [2.45, 2.75) is 19.1 Å². The lowest BCUT2D eigenvalue weighted by Gasteiger charge is -2.25. The molecule has 0 saturated carbocycles. The summed E-state index contributed by atoms with van der Waals surface area (Å²) in [6, 6.07) is 8.96. The quantitative estimate of drug-likeness (QED) is 0.681. The number of halogens is 1. The highest BCUT2D eigenvalue weighted by molar-refractivity contribution is 5.18. The predicted octanol–water partition coefficient (Wildman–Crippen LogP) is 2.65. The fourth-order valence-corrected chi connectivity index (χ4v) is 1.43. The van der Waals surface area contributed by atoms with Crippen molar-refractivity contribution in [3.8, 4) is 12.3 Å². The average Bonchev–Trinajstić information content (AvgIpc) is 2.28. The van der Waals surface area contributed by atoms with Gasteiger partial charge in [0.05, 0.1) is 6.54 Å². The fraction of sp³-hybridized carbons (Fsp3) is 0.385. The standard InChI is InChI=1S/C13H16FN/c1-4-10-15(3)11(2)13(14)12-8-6-5-7-9-12/h1,5-9,11,13H,10H2,2-3H3/i14-1. The second-order valence-corrected chi connectivity index (χ2v) is 3.67. The van der Waals surface area contributed by atoms with Crippen LogP contribution in [0.1, 0.15) is 18.7 Å². The predicted molar refractivity (Wildman–Crippen MR) is 61.2 cm³/mol. The van der Waals surface area contributed by atoms with Gasteiger partial charge < -0.3 is 0 Å². The van der Waals surface area contributed by atoms with Crippen LogP contribution < -0.4 is 0 Å². The van der Waals surface area contributed by atoms with Crippen molar-refractivity contribution in [1.29, 1.82) is 0 Å². The second kappa shape index (κ2) is 5.53. The number of likely N-dealkylation sites (N-methyl/N-ethyl adjacent to an activating group) is 1. The fourth-order valence-electron chi connectivity index (χ4n) is 1.43. The minimum Gasteiger partial charge on any atom is -0.289 e. The molecule has 0 aliphatic rings. The van der Waals surface area contributed by atoms with Crippen LogP contribution in [0.15, 0.2) is 30.3 Å². The number of terminal acetylenes is 1. The van der Waals surface area contributed by atoms with Gasteiger partial charge in [0.2, 0.25) is 0 Å². The van der Waals surface area contributed by atoms with Crippen LogP contribution in [-0.2, 0) is 0 Å². The van der Waals surface area contributed by atoms with Gasteiger partial charge >= 0.3 is 0 Å². The van der Waals surface area contributed by atoms with Crippen LogP contribution in [0, 0.1) is 12.3 Å². The van der Waals surface area contributed by atoms with Gasteiger partial charge in [-0.2, -0.15) is 0 Å². The molecule has 1 aromatic rings. The number of hydrogen-bond acceptors (Lipinski definition) is 1. The van der Waals surface area contributed by atoms with E-state index in [-0.39, 0.29) is 6.04 Å². The van der Waals surface area contributed by atoms with Crippen molar-refractivity contribution >= 4 is 0 Å². The largest absolute Gasteiger partial charge is 0.289 e. The number of rotatable bonds is 4. The lowest BCUT2D eigenvalue weighted by Crippen LogP contribution is -2.33. The Morgan fingerprint density at radius 3 is 2.53 bits per heavy atom. The molecule has 0 saturated heterocycles. The molecular formula is C13H16FN. The molecule has 2 unspecified atom stereocenters. The Kier molecular flexibility index (Phi) is 4.33. The Morgan fingerprint density at radius 2 is 2.00 bits per heavy atom. The zero-order valence-electron chi connectivity index (χ0n) is 9.15. The Morgan fingerprint density at radius 1 is 1.40 bits per heavy atom. The van der Waals surface area contributed by atoms with Gasteiger partial charge in [0.1, 0.15) is 6.17 Å². The van der Waals surface area contributed by atoms with E-state index in [9.17, 15) is 4.39 Å². The highest BCUT2D eigenvalue weighted by Gasteiger charge is 2.21. The molecule has 1 aromatic carbocycles. The molecule has 0 fully saturated rings. The van der Waals surface area contributed by atoms with Crippen LogP contribution in [0.5, 0.6) is 0 Å². The maximum absolute atomic E-state index is 14.0. The molecule has 2 heteroatoms. The summed E-state index contributed by atoms with van der Waals surface area (Å²) in [6.45, 7) is 2.31. The van der Waals surface area contributed by atoms with E-state index < -0.39 is 6.17 Å². The minimum absolute atomic E-state index is 0.205. The summed E-state index contributed by atoms with van der Waals surface area (Å²) in [5.41, 5.74) is 0.703. The van der Waals surface area contributed by atoms with E-state index in [2.05, 4.69) is 5.92 Å². The lowest BCUT2D eigenvalue weighted by atomic mass is 10.0. The van der Waals surface area contributed by atoms with E-state index in [4.69, 9.17) is 6.42 Å². The molecule has 1 nitrogen and oxygen atoms in total. The highest BCUT2D eigenvalue weighted by atomic mass is 18.2. The maximum atomic E-state index is 14.0. The SMILES string of the molecule is C#CCN(C)C(C)C([18F])c1ccccc1. The maximum Gasteiger partial charge on any atom is 0.140 e. The smallest absolute Gasteiger partial charge is 0.140 e. The van der Waals surface area contributed by atoms with Crippen LogP contribution in [0.4, 0.5) is 4.39 Å². The van der Waals surface area contributed by atoms with E-state index in [0.717, 1.165) is 0 Å². The minimum atomic E-state index is -0.996. The molecule has 0 heterocycles. The summed E-state index contributed by atoms with van der Waals surface area (Å²) >= 11 is 0. The third-order valence-electron chi connectivity index (χ3n) is 2.58. The van der Waals surface area contributed by atoms with Crippen molar-refractivity contribution in [2.24, 2.45) is 0 Å². The van der Waals surface area contributed by atoms with E-state index in [1.165, 1.54) is 0 Å². The first-order chi connectivity index (χ1) is 7.16. The van der Waals surface area contributed by atoms with Crippen LogP contribution in [0.25, 0.3) is 0 Å². The molecule has 0 radical (unpaired) electrons. The van der Waals surface area contributed by atoms with Gasteiger partial charge in [-0.05, 0) is 19.5 Å². The zero-order chi connectivity index (χ0) is 11.3. The third kappa shape index (κ3) is 3.07. The first kappa shape index (κ1) is 11.7. The Labute approximate surface area is 90.9 Å². The number of benzene rings is 1. The van der Waals surface area contributed by atoms with Gasteiger partial charge in [-0.25, -0.2) is 4.39 Å². The van der Waals surface area contributed by atoms with Crippen LogP contribution in [-0.4, -0.2) is 24.5 Å². The summed E-state index contributed by atoms with van der Waals surface area (Å²) in [5.74, 6) is 2.51. The number of alkyl halides is 1. The van der Waals surface area contributed by atoms with Gasteiger partial charge in [0, 0.05) is 6.04 Å². The topological polar surface area (TPSA) is 3.24 Å². The zero-order valence-corrected chi connectivity index (χ0v) is 9.15. The molecule has 0 aromatic heterocycles. The Hall–Kier alpha value is -1.33. The van der Waals surface area contributed by atoms with Crippen molar-refractivity contribution in [3.05, 3.63) is 35.9 Å². The number of hydrogen-bond donors (Lipinski definition) is 0. The van der Waals surface area contributed by atoms with Crippen LogP contribution >= 0.6 is 0 Å². The van der Waals surface area contributed by atoms with Crippen LogP contribution in [0.3, 0.4) is 0 Å². The van der Waals surface area contributed by atoms with E-state index in [0.29, 0.717) is 12.1 Å². The first-order valence-electron chi connectivity index (χ1n) is 4.99. The molecule has 2 atom stereocenters. The number of nitrogens with zero attached hydrogens (tertiary/aromatic N) is 1. The normalized spacial score (nSPS) is 14.6. The van der Waals surface area contributed by atoms with E-state index in [1.54, 1.807) is 12.1 Å². The molecule has 0 bridgehead atoms. The molecule has 0 spiro atoms. The first-order valence-corrected chi connectivity index (χ1v) is 4.99. The van der Waals surface area contributed by atoms with Gasteiger partial charge in [0.15, 0.2) is 0 Å². The van der Waals surface area contributed by atoms with Gasteiger partial charge in [-0.1, -0.05) is 36.3 Å². The monoisotopic (exact) mass is 204 g/mol. The molecule has 1 rings (SSSR count). The summed E-state index contributed by atoms with van der Waals surface area (Å²) in [6.07, 6.45) is 4.20. The summed E-state index contributed by atoms with van der Waals surface area (Å²) < 4.78 is 14.0. The van der Waals surface area contributed by atoms with Crippen LogP contribution in [0.2, 0.25) is 0 Å². The second-order valence-electron chi connectivity index (χ2n) is 3.67. The van der Waals surface area contributed by atoms with Gasteiger partial charge in [0.25, 0.3) is 0 Å². The Balaban J connectivity index is 2.69. The highest BCUT2D eigenvalue weighted by Crippen LogP contribution is 2.23. The molecule has 0 amide bonds. The molecule has 80 valence electrons.